The van der Waals surface area contributed by atoms with E-state index in [1.807, 2.05) is 30.3 Å². The third-order valence-corrected chi connectivity index (χ3v) is 8.34. The van der Waals surface area contributed by atoms with E-state index in [1.54, 1.807) is 6.08 Å². The van der Waals surface area contributed by atoms with Gasteiger partial charge in [0.05, 0.1) is 26.2 Å². The van der Waals surface area contributed by atoms with Crippen molar-refractivity contribution >= 4 is 28.0 Å². The molecule has 3 amide bonds. The van der Waals surface area contributed by atoms with Crippen molar-refractivity contribution in [2.75, 3.05) is 32.8 Å². The highest BCUT2D eigenvalue weighted by Crippen LogP contribution is 2.35. The van der Waals surface area contributed by atoms with Crippen molar-refractivity contribution in [3.8, 4) is 0 Å². The SMILES string of the molecule is CC1CCC2(CC1)NC(=O)N(C[NH+]1CCN(S(=O)(=O)/C=C/c3ccccc3)CC1)C2=O. The summed E-state index contributed by atoms with van der Waals surface area (Å²) >= 11 is 0. The lowest BCUT2D eigenvalue weighted by Crippen LogP contribution is -3.16. The van der Waals surface area contributed by atoms with E-state index in [2.05, 4.69) is 12.2 Å². The number of hydrogen-bond donors (Lipinski definition) is 2. The van der Waals surface area contributed by atoms with Crippen LogP contribution in [0.25, 0.3) is 6.08 Å². The summed E-state index contributed by atoms with van der Waals surface area (Å²) in [5, 5.41) is 4.20. The summed E-state index contributed by atoms with van der Waals surface area (Å²) in [6, 6.07) is 9.01. The lowest BCUT2D eigenvalue weighted by atomic mass is 9.77. The molecule has 1 aliphatic carbocycles. The van der Waals surface area contributed by atoms with Gasteiger partial charge in [-0.15, -0.1) is 0 Å². The molecule has 168 valence electrons. The second kappa shape index (κ2) is 8.72. The van der Waals surface area contributed by atoms with Crippen LogP contribution >= 0.6 is 0 Å². The molecule has 3 fully saturated rings. The molecule has 1 saturated carbocycles. The molecule has 9 heteroatoms. The number of benzene rings is 1. The first kappa shape index (κ1) is 22.0. The number of carbonyl (C=O) groups excluding carboxylic acids is 2. The van der Waals surface area contributed by atoms with E-state index in [0.717, 1.165) is 23.3 Å². The number of imide groups is 1. The fraction of sp³-hybridized carbons (Fsp3) is 0.545. The fourth-order valence-electron chi connectivity index (χ4n) is 4.67. The standard InChI is InChI=1S/C22H30N4O4S/c1-18-7-10-22(11-8-18)20(27)26(21(28)23-22)17-24-12-14-25(15-13-24)31(29,30)16-9-19-5-3-2-4-6-19/h2-6,9,16,18H,7-8,10-15,17H2,1H3,(H,23,28)/p+1/b16-9+. The van der Waals surface area contributed by atoms with Crippen molar-refractivity contribution in [3.63, 3.8) is 0 Å². The number of hydrogen-bond acceptors (Lipinski definition) is 4. The van der Waals surface area contributed by atoms with Crippen LogP contribution in [-0.4, -0.2) is 67.9 Å². The van der Waals surface area contributed by atoms with Crippen molar-refractivity contribution in [3.05, 3.63) is 41.3 Å². The van der Waals surface area contributed by atoms with Crippen LogP contribution in [0.2, 0.25) is 0 Å². The lowest BCUT2D eigenvalue weighted by molar-refractivity contribution is -0.910. The van der Waals surface area contributed by atoms with Crippen LogP contribution in [0.3, 0.4) is 0 Å². The Morgan fingerprint density at radius 2 is 1.77 bits per heavy atom. The van der Waals surface area contributed by atoms with Gasteiger partial charge in [-0.2, -0.15) is 4.31 Å². The maximum atomic E-state index is 13.0. The lowest BCUT2D eigenvalue weighted by Gasteiger charge is -2.34. The van der Waals surface area contributed by atoms with E-state index >= 15 is 0 Å². The molecule has 0 aromatic heterocycles. The molecule has 2 heterocycles. The summed E-state index contributed by atoms with van der Waals surface area (Å²) < 4.78 is 26.8. The Balaban J connectivity index is 1.32. The Labute approximate surface area is 183 Å². The molecule has 0 atom stereocenters. The average molecular weight is 448 g/mol. The predicted octanol–water partition coefficient (Wildman–Crippen LogP) is 0.646. The molecule has 0 unspecified atom stereocenters. The van der Waals surface area contributed by atoms with Gasteiger partial charge in [-0.05, 0) is 43.2 Å². The van der Waals surface area contributed by atoms with Crippen LogP contribution in [0.1, 0.15) is 38.2 Å². The Bertz CT molecular complexity index is 947. The Morgan fingerprint density at radius 1 is 1.13 bits per heavy atom. The summed E-state index contributed by atoms with van der Waals surface area (Å²) in [6.45, 7) is 4.31. The van der Waals surface area contributed by atoms with E-state index in [4.69, 9.17) is 0 Å². The van der Waals surface area contributed by atoms with Gasteiger partial charge in [0.25, 0.3) is 5.91 Å². The van der Waals surface area contributed by atoms with Gasteiger partial charge in [-0.3, -0.25) is 4.79 Å². The van der Waals surface area contributed by atoms with E-state index in [1.165, 1.54) is 14.6 Å². The van der Waals surface area contributed by atoms with E-state index in [9.17, 15) is 18.0 Å². The first-order chi connectivity index (χ1) is 14.8. The Kier molecular flexibility index (Phi) is 6.18. The number of quaternary nitrogens is 1. The molecule has 3 aliphatic rings. The summed E-state index contributed by atoms with van der Waals surface area (Å²) in [5.41, 5.74) is 0.108. The third-order valence-electron chi connectivity index (χ3n) is 6.78. The number of nitrogens with one attached hydrogen (secondary N) is 2. The molecule has 4 rings (SSSR count). The van der Waals surface area contributed by atoms with Crippen LogP contribution in [0, 0.1) is 5.92 Å². The van der Waals surface area contributed by atoms with Crippen LogP contribution in [-0.2, 0) is 14.8 Å². The quantitative estimate of drug-likeness (QED) is 0.649. The molecular weight excluding hydrogens is 416 g/mol. The minimum atomic E-state index is -3.50. The molecule has 1 aromatic rings. The summed E-state index contributed by atoms with van der Waals surface area (Å²) in [5.74, 6) is 0.471. The minimum absolute atomic E-state index is 0.113. The van der Waals surface area contributed by atoms with Crippen molar-refractivity contribution < 1.29 is 22.9 Å². The van der Waals surface area contributed by atoms with Crippen molar-refractivity contribution in [1.82, 2.24) is 14.5 Å². The van der Waals surface area contributed by atoms with Crippen molar-refractivity contribution in [1.29, 1.82) is 0 Å². The number of carbonyl (C=O) groups is 2. The third kappa shape index (κ3) is 4.68. The Morgan fingerprint density at radius 3 is 2.42 bits per heavy atom. The van der Waals surface area contributed by atoms with Gasteiger partial charge < -0.3 is 10.2 Å². The topological polar surface area (TPSA) is 91.2 Å². The maximum absolute atomic E-state index is 13.0. The largest absolute Gasteiger partial charge is 0.329 e. The van der Waals surface area contributed by atoms with Gasteiger partial charge in [0.15, 0.2) is 6.67 Å². The Hall–Kier alpha value is -2.23. The maximum Gasteiger partial charge on any atom is 0.329 e. The molecule has 31 heavy (non-hydrogen) atoms. The fourth-order valence-corrected chi connectivity index (χ4v) is 5.86. The molecule has 2 saturated heterocycles. The summed E-state index contributed by atoms with van der Waals surface area (Å²) in [7, 11) is -3.50. The van der Waals surface area contributed by atoms with Crippen LogP contribution in [0.15, 0.2) is 35.7 Å². The number of urea groups is 1. The van der Waals surface area contributed by atoms with Crippen LogP contribution in [0.4, 0.5) is 4.79 Å². The number of rotatable bonds is 5. The van der Waals surface area contributed by atoms with E-state index in [-0.39, 0.29) is 18.6 Å². The summed E-state index contributed by atoms with van der Waals surface area (Å²) in [6.07, 6.45) is 4.89. The number of amides is 3. The monoisotopic (exact) mass is 447 g/mol. The van der Waals surface area contributed by atoms with Crippen LogP contribution in [0.5, 0.6) is 0 Å². The van der Waals surface area contributed by atoms with Crippen LogP contribution < -0.4 is 10.2 Å². The predicted molar refractivity (Wildman–Crippen MR) is 117 cm³/mol. The van der Waals surface area contributed by atoms with Gasteiger partial charge in [-0.1, -0.05) is 37.3 Å². The zero-order valence-corrected chi connectivity index (χ0v) is 18.7. The first-order valence-electron chi connectivity index (χ1n) is 11.0. The number of piperazine rings is 1. The highest BCUT2D eigenvalue weighted by Gasteiger charge is 2.53. The summed E-state index contributed by atoms with van der Waals surface area (Å²) in [4.78, 5) is 27.9. The number of sulfonamides is 1. The normalized spacial score (nSPS) is 28.5. The average Bonchev–Trinajstić information content (AvgIpc) is 3.00. The second-order valence-corrected chi connectivity index (χ2v) is 10.8. The minimum Gasteiger partial charge on any atom is -0.323 e. The highest BCUT2D eigenvalue weighted by atomic mass is 32.2. The van der Waals surface area contributed by atoms with E-state index in [0.29, 0.717) is 44.9 Å². The first-order valence-corrected chi connectivity index (χ1v) is 12.5. The molecule has 0 bridgehead atoms. The number of nitrogens with zero attached hydrogens (tertiary/aromatic N) is 2. The molecule has 0 radical (unpaired) electrons. The molecule has 2 N–H and O–H groups in total. The van der Waals surface area contributed by atoms with Gasteiger partial charge in [0.2, 0.25) is 10.0 Å². The van der Waals surface area contributed by atoms with Gasteiger partial charge in [0.1, 0.15) is 5.54 Å². The molecular formula is C22H31N4O4S+. The van der Waals surface area contributed by atoms with Crippen molar-refractivity contribution in [2.24, 2.45) is 5.92 Å². The van der Waals surface area contributed by atoms with Crippen molar-refractivity contribution in [2.45, 2.75) is 38.1 Å². The smallest absolute Gasteiger partial charge is 0.323 e. The molecule has 1 aromatic carbocycles. The zero-order chi connectivity index (χ0) is 22.1. The highest BCUT2D eigenvalue weighted by molar-refractivity contribution is 7.92. The molecule has 8 nitrogen and oxygen atoms in total. The zero-order valence-electron chi connectivity index (χ0n) is 17.9. The van der Waals surface area contributed by atoms with Gasteiger partial charge >= 0.3 is 6.03 Å². The second-order valence-electron chi connectivity index (χ2n) is 8.99. The molecule has 2 aliphatic heterocycles. The van der Waals surface area contributed by atoms with E-state index < -0.39 is 15.6 Å². The van der Waals surface area contributed by atoms with Gasteiger partial charge in [0, 0.05) is 5.41 Å². The van der Waals surface area contributed by atoms with Gasteiger partial charge in [-0.25, -0.2) is 18.1 Å². The molecule has 1 spiro atoms.